The van der Waals surface area contributed by atoms with E-state index in [2.05, 4.69) is 41.1 Å². The molecule has 46 heavy (non-hydrogen) atoms. The molecule has 2 aromatic heterocycles. The minimum absolute atomic E-state index is 0.0754. The van der Waals surface area contributed by atoms with Gasteiger partial charge in [0.05, 0.1) is 34.8 Å². The minimum Gasteiger partial charge on any atom is -0.389 e. The summed E-state index contributed by atoms with van der Waals surface area (Å²) in [5, 5.41) is 22.9. The molecule has 0 spiro atoms. The van der Waals surface area contributed by atoms with E-state index in [-0.39, 0.29) is 11.5 Å². The summed E-state index contributed by atoms with van der Waals surface area (Å²) in [6.45, 7) is 22.1. The SMILES string of the molecule is C/C=C(/F)c1sc(N)c(C#N)c1/C(=C(\C)CC)c1c2c(c3cnc(N4CC(C)C(C)(O)C4)nc3c1P)COC2.CC.CCC(C)C. The summed E-state index contributed by atoms with van der Waals surface area (Å²) in [5.74, 6) is 1.10. The monoisotopic (exact) mass is 667 g/mol. The highest BCUT2D eigenvalue weighted by molar-refractivity contribution is 7.28. The van der Waals surface area contributed by atoms with Crippen molar-refractivity contribution in [2.45, 2.75) is 101 Å². The maximum atomic E-state index is 15.3. The summed E-state index contributed by atoms with van der Waals surface area (Å²) in [6.07, 6.45) is 5.24. The van der Waals surface area contributed by atoms with Crippen LogP contribution >= 0.6 is 20.6 Å². The number of thiophene rings is 1. The molecule has 7 nitrogen and oxygen atoms in total. The normalized spacial score (nSPS) is 19.7. The number of aliphatic hydroxyl groups is 1. The van der Waals surface area contributed by atoms with Crippen LogP contribution in [0.25, 0.3) is 22.3 Å². The van der Waals surface area contributed by atoms with Crippen LogP contribution in [0.4, 0.5) is 15.3 Å². The highest BCUT2D eigenvalue weighted by atomic mass is 32.1. The average Bonchev–Trinajstić information content (AvgIpc) is 3.74. The predicted octanol–water partition coefficient (Wildman–Crippen LogP) is 8.52. The summed E-state index contributed by atoms with van der Waals surface area (Å²) in [4.78, 5) is 12.1. The molecule has 0 saturated carbocycles. The number of anilines is 2. The van der Waals surface area contributed by atoms with E-state index in [4.69, 9.17) is 15.5 Å². The van der Waals surface area contributed by atoms with Gasteiger partial charge in [-0.25, -0.2) is 14.4 Å². The number of nitrogen functional groups attached to an aromatic ring is 1. The molecule has 3 aromatic rings. The van der Waals surface area contributed by atoms with Crippen molar-refractivity contribution in [3.05, 3.63) is 50.5 Å². The maximum absolute atomic E-state index is 15.3. The summed E-state index contributed by atoms with van der Waals surface area (Å²) in [7, 11) is 2.84. The quantitative estimate of drug-likeness (QED) is 0.254. The van der Waals surface area contributed by atoms with Crippen molar-refractivity contribution in [1.29, 1.82) is 5.26 Å². The molecule has 250 valence electrons. The van der Waals surface area contributed by atoms with Crippen molar-refractivity contribution in [2.24, 2.45) is 11.8 Å². The van der Waals surface area contributed by atoms with Crippen molar-refractivity contribution in [2.75, 3.05) is 23.7 Å². The van der Waals surface area contributed by atoms with Gasteiger partial charge >= 0.3 is 0 Å². The van der Waals surface area contributed by atoms with Gasteiger partial charge in [0.15, 0.2) is 0 Å². The first-order chi connectivity index (χ1) is 21.8. The van der Waals surface area contributed by atoms with E-state index in [1.165, 1.54) is 12.5 Å². The third-order valence-corrected chi connectivity index (χ3v) is 10.5. The number of halogens is 1. The number of nitrogens with two attached hydrogens (primary N) is 1. The van der Waals surface area contributed by atoms with Crippen LogP contribution in [-0.4, -0.2) is 33.8 Å². The van der Waals surface area contributed by atoms with Crippen molar-refractivity contribution in [1.82, 2.24) is 9.97 Å². The molecule has 0 aliphatic carbocycles. The van der Waals surface area contributed by atoms with Crippen LogP contribution in [0.3, 0.4) is 0 Å². The lowest BCUT2D eigenvalue weighted by Gasteiger charge is -2.23. The van der Waals surface area contributed by atoms with E-state index >= 15 is 4.39 Å². The Morgan fingerprint density at radius 3 is 2.46 bits per heavy atom. The van der Waals surface area contributed by atoms with E-state index < -0.39 is 11.4 Å². The number of fused-ring (bicyclic) bond motifs is 3. The van der Waals surface area contributed by atoms with Crippen LogP contribution in [0.1, 0.15) is 115 Å². The third-order valence-electron chi connectivity index (χ3n) is 8.93. The molecule has 5 rings (SSSR count). The summed E-state index contributed by atoms with van der Waals surface area (Å²) >= 11 is 1.09. The first-order valence-corrected chi connectivity index (χ1v) is 17.7. The van der Waals surface area contributed by atoms with E-state index in [0.29, 0.717) is 54.1 Å². The van der Waals surface area contributed by atoms with E-state index in [9.17, 15) is 10.4 Å². The van der Waals surface area contributed by atoms with Crippen molar-refractivity contribution < 1.29 is 14.2 Å². The molecule has 2 aliphatic rings. The maximum Gasteiger partial charge on any atom is 0.226 e. The summed E-state index contributed by atoms with van der Waals surface area (Å²) < 4.78 is 21.2. The van der Waals surface area contributed by atoms with E-state index in [1.54, 1.807) is 6.92 Å². The molecule has 10 heteroatoms. The van der Waals surface area contributed by atoms with Crippen LogP contribution in [0.15, 0.2) is 17.8 Å². The molecule has 4 heterocycles. The van der Waals surface area contributed by atoms with Gasteiger partial charge < -0.3 is 20.5 Å². The Labute approximate surface area is 281 Å². The lowest BCUT2D eigenvalue weighted by atomic mass is 9.85. The molecule has 3 N–H and O–H groups in total. The van der Waals surface area contributed by atoms with Gasteiger partial charge in [0.25, 0.3) is 0 Å². The van der Waals surface area contributed by atoms with Gasteiger partial charge in [0, 0.05) is 41.5 Å². The molecule has 3 unspecified atom stereocenters. The first kappa shape index (κ1) is 37.6. The predicted molar refractivity (Wildman–Crippen MR) is 196 cm³/mol. The number of ether oxygens (including phenoxy) is 1. The zero-order valence-corrected chi connectivity index (χ0v) is 31.1. The standard InChI is InChI=1S/C29H33FN5O2PS.C5H12.C2H6/c1-6-14(3)21(23-16(8-31)27(32)39-26(23)20(30)7-2)22-19-12-37-11-18(19)17-9-33-28(34-24(17)25(22)38)35-10-15(4)29(5,36)13-35;1-4-5(2)3;1-2/h7,9,15,36H,6,10-13,32,38H2,1-5H3;5H,4H2,1-3H3;1-2H3/b20-7+,21-14+;;. The van der Waals surface area contributed by atoms with Crippen molar-refractivity contribution in [3.8, 4) is 6.07 Å². The van der Waals surface area contributed by atoms with Crippen LogP contribution in [-0.2, 0) is 18.0 Å². The number of benzene rings is 1. The van der Waals surface area contributed by atoms with Gasteiger partial charge in [-0.1, -0.05) is 66.5 Å². The van der Waals surface area contributed by atoms with Gasteiger partial charge in [-0.2, -0.15) is 5.26 Å². The number of nitrogens with zero attached hydrogens (tertiary/aromatic N) is 4. The van der Waals surface area contributed by atoms with Crippen LogP contribution in [0, 0.1) is 23.2 Å². The molecule has 0 radical (unpaired) electrons. The molecule has 0 amide bonds. The number of allylic oxidation sites excluding steroid dienone is 2. The highest BCUT2D eigenvalue weighted by Gasteiger charge is 2.40. The Kier molecular flexibility index (Phi) is 12.9. The third kappa shape index (κ3) is 7.31. The topological polar surface area (TPSA) is 108 Å². The second-order valence-electron chi connectivity index (χ2n) is 12.4. The molecule has 1 saturated heterocycles. The van der Waals surface area contributed by atoms with Crippen molar-refractivity contribution >= 4 is 59.1 Å². The fraction of sp³-hybridized carbons (Fsp3) is 0.528. The molecular weight excluding hydrogens is 616 g/mol. The second-order valence-corrected chi connectivity index (χ2v) is 14.0. The van der Waals surface area contributed by atoms with E-state index in [1.807, 2.05) is 52.6 Å². The van der Waals surface area contributed by atoms with Crippen LogP contribution in [0.5, 0.6) is 0 Å². The average molecular weight is 668 g/mol. The molecular formula is C36H51FN5O2PS. The fourth-order valence-corrected chi connectivity index (χ4v) is 7.05. The summed E-state index contributed by atoms with van der Waals surface area (Å²) in [6, 6.07) is 2.24. The summed E-state index contributed by atoms with van der Waals surface area (Å²) in [5.41, 5.74) is 11.7. The molecule has 2 aliphatic heterocycles. The lowest BCUT2D eigenvalue weighted by molar-refractivity contribution is 0.0443. The van der Waals surface area contributed by atoms with E-state index in [0.717, 1.165) is 61.3 Å². The smallest absolute Gasteiger partial charge is 0.226 e. The first-order valence-electron chi connectivity index (χ1n) is 16.3. The Hall–Kier alpha value is -2.89. The van der Waals surface area contributed by atoms with Gasteiger partial charge in [-0.15, -0.1) is 20.6 Å². The fourth-order valence-electron chi connectivity index (χ4n) is 5.52. The Bertz CT molecular complexity index is 1670. The molecule has 1 fully saturated rings. The molecule has 1 aromatic carbocycles. The highest BCUT2D eigenvalue weighted by Crippen LogP contribution is 2.46. The van der Waals surface area contributed by atoms with Gasteiger partial charge in [0.1, 0.15) is 16.9 Å². The Balaban J connectivity index is 0.000000752. The van der Waals surface area contributed by atoms with Crippen molar-refractivity contribution in [3.63, 3.8) is 0 Å². The zero-order valence-electron chi connectivity index (χ0n) is 29.1. The number of aromatic nitrogens is 2. The largest absolute Gasteiger partial charge is 0.389 e. The Morgan fingerprint density at radius 1 is 1.30 bits per heavy atom. The Morgan fingerprint density at radius 2 is 1.93 bits per heavy atom. The van der Waals surface area contributed by atoms with Gasteiger partial charge in [0.2, 0.25) is 5.95 Å². The van der Waals surface area contributed by atoms with Gasteiger partial charge in [-0.3, -0.25) is 0 Å². The molecule has 3 atom stereocenters. The number of nitriles is 1. The minimum atomic E-state index is -0.826. The number of hydrogen-bond donors (Lipinski definition) is 2. The second kappa shape index (κ2) is 15.8. The van der Waals surface area contributed by atoms with Crippen LogP contribution in [0.2, 0.25) is 0 Å². The number of rotatable bonds is 6. The van der Waals surface area contributed by atoms with Gasteiger partial charge in [-0.05, 0) is 55.4 Å². The number of hydrogen-bond acceptors (Lipinski definition) is 8. The molecule has 0 bridgehead atoms. The zero-order chi connectivity index (χ0) is 34.5. The van der Waals surface area contributed by atoms with Crippen LogP contribution < -0.4 is 15.9 Å². The lowest BCUT2D eigenvalue weighted by Crippen LogP contribution is -2.33. The number of β-amino-alcohol motifs (C(OH)–C–C–N with tert-alkyl or cyclic N) is 1.